The van der Waals surface area contributed by atoms with Gasteiger partial charge in [-0.1, -0.05) is 42.5 Å². The third kappa shape index (κ3) is 5.99. The number of benzene rings is 2. The molecule has 1 aliphatic heterocycles. The first-order valence-corrected chi connectivity index (χ1v) is 11.1. The maximum atomic E-state index is 13.0. The van der Waals surface area contributed by atoms with E-state index in [4.69, 9.17) is 4.74 Å². The van der Waals surface area contributed by atoms with Gasteiger partial charge in [0.25, 0.3) is 5.91 Å². The van der Waals surface area contributed by atoms with E-state index in [0.29, 0.717) is 24.5 Å². The van der Waals surface area contributed by atoms with Crippen LogP contribution in [0.3, 0.4) is 0 Å². The molecule has 0 aliphatic carbocycles. The predicted molar refractivity (Wildman–Crippen MR) is 121 cm³/mol. The van der Waals surface area contributed by atoms with Crippen molar-refractivity contribution in [2.75, 3.05) is 32.7 Å². The zero-order chi connectivity index (χ0) is 21.5. The average molecular weight is 438 g/mol. The van der Waals surface area contributed by atoms with Gasteiger partial charge in [-0.15, -0.1) is 11.3 Å². The van der Waals surface area contributed by atoms with E-state index >= 15 is 0 Å². The molecule has 160 valence electrons. The Morgan fingerprint density at radius 2 is 1.81 bits per heavy atom. The van der Waals surface area contributed by atoms with Crippen molar-refractivity contribution in [2.24, 2.45) is 0 Å². The Kier molecular flexibility index (Phi) is 7.07. The van der Waals surface area contributed by atoms with Gasteiger partial charge in [-0.3, -0.25) is 9.69 Å². The summed E-state index contributed by atoms with van der Waals surface area (Å²) in [4.78, 5) is 21.4. The van der Waals surface area contributed by atoms with E-state index in [0.717, 1.165) is 24.6 Å². The van der Waals surface area contributed by atoms with Gasteiger partial charge in [0.2, 0.25) is 0 Å². The second kappa shape index (κ2) is 10.3. The number of hydrogen-bond donors (Lipinski definition) is 0. The third-order valence-corrected chi connectivity index (χ3v) is 5.90. The molecule has 1 aliphatic rings. The van der Waals surface area contributed by atoms with Crippen molar-refractivity contribution in [3.63, 3.8) is 0 Å². The topological polar surface area (TPSA) is 45.7 Å². The van der Waals surface area contributed by atoms with Crippen molar-refractivity contribution >= 4 is 23.3 Å². The normalized spacial score (nSPS) is 14.8. The van der Waals surface area contributed by atoms with Gasteiger partial charge in [0.05, 0.1) is 0 Å². The number of halogens is 1. The van der Waals surface area contributed by atoms with E-state index in [1.54, 1.807) is 17.5 Å². The number of rotatable bonds is 7. The molecule has 0 radical (unpaired) electrons. The average Bonchev–Trinajstić information content (AvgIpc) is 3.28. The van der Waals surface area contributed by atoms with Crippen molar-refractivity contribution in [3.8, 4) is 5.75 Å². The summed E-state index contributed by atoms with van der Waals surface area (Å²) in [5, 5.41) is 2.50. The fourth-order valence-electron chi connectivity index (χ4n) is 3.35. The van der Waals surface area contributed by atoms with Crippen molar-refractivity contribution in [2.45, 2.75) is 6.61 Å². The molecule has 0 saturated carbocycles. The van der Waals surface area contributed by atoms with Gasteiger partial charge in [-0.05, 0) is 29.8 Å². The highest BCUT2D eigenvalue weighted by molar-refractivity contribution is 7.09. The van der Waals surface area contributed by atoms with E-state index in [2.05, 4.69) is 34.2 Å². The van der Waals surface area contributed by atoms with Crippen LogP contribution in [0.15, 0.2) is 66.1 Å². The standard InChI is InChI=1S/C24H24FN3O2S/c25-20-8-10-21(11-9-20)30-17-23-26-22(18-31-23)24(29)28-15-13-27(14-16-28)12-4-7-19-5-2-1-3-6-19/h1-11,18H,12-17H2/b7-4+. The fraction of sp³-hybridized carbons (Fsp3) is 0.250. The largest absolute Gasteiger partial charge is 0.486 e. The van der Waals surface area contributed by atoms with Crippen LogP contribution in [-0.4, -0.2) is 53.4 Å². The third-order valence-electron chi connectivity index (χ3n) is 5.08. The van der Waals surface area contributed by atoms with Gasteiger partial charge < -0.3 is 9.64 Å². The van der Waals surface area contributed by atoms with Crippen LogP contribution in [0.1, 0.15) is 21.1 Å². The fourth-order valence-corrected chi connectivity index (χ4v) is 4.03. The van der Waals surface area contributed by atoms with E-state index in [1.165, 1.54) is 29.0 Å². The molecule has 0 atom stereocenters. The molecule has 0 spiro atoms. The number of amides is 1. The Labute approximate surface area is 185 Å². The van der Waals surface area contributed by atoms with E-state index in [-0.39, 0.29) is 18.3 Å². The lowest BCUT2D eigenvalue weighted by Gasteiger charge is -2.33. The minimum atomic E-state index is -0.304. The van der Waals surface area contributed by atoms with Gasteiger partial charge >= 0.3 is 0 Å². The molecule has 3 aromatic rings. The Morgan fingerprint density at radius 3 is 2.55 bits per heavy atom. The second-order valence-electron chi connectivity index (χ2n) is 7.27. The van der Waals surface area contributed by atoms with Crippen LogP contribution < -0.4 is 4.74 Å². The molecule has 1 aromatic heterocycles. The van der Waals surface area contributed by atoms with Gasteiger partial charge in [-0.2, -0.15) is 0 Å². The Balaban J connectivity index is 1.23. The van der Waals surface area contributed by atoms with Crippen molar-refractivity contribution < 1.29 is 13.9 Å². The van der Waals surface area contributed by atoms with Gasteiger partial charge in [-0.25, -0.2) is 9.37 Å². The molecule has 1 amide bonds. The zero-order valence-corrected chi connectivity index (χ0v) is 17.9. The van der Waals surface area contributed by atoms with Crippen molar-refractivity contribution in [1.29, 1.82) is 0 Å². The van der Waals surface area contributed by atoms with Gasteiger partial charge in [0, 0.05) is 38.1 Å². The number of ether oxygens (including phenoxy) is 1. The predicted octanol–water partition coefficient (Wildman–Crippen LogP) is 4.33. The van der Waals surface area contributed by atoms with Crippen molar-refractivity contribution in [3.05, 3.63) is 88.1 Å². The molecular formula is C24H24FN3O2S. The number of piperazine rings is 1. The Morgan fingerprint density at radius 1 is 1.06 bits per heavy atom. The van der Waals surface area contributed by atoms with Crippen LogP contribution in [0.2, 0.25) is 0 Å². The quantitative estimate of drug-likeness (QED) is 0.552. The molecule has 1 fully saturated rings. The van der Waals surface area contributed by atoms with Crippen molar-refractivity contribution in [1.82, 2.24) is 14.8 Å². The highest BCUT2D eigenvalue weighted by Crippen LogP contribution is 2.17. The highest BCUT2D eigenvalue weighted by atomic mass is 32.1. The van der Waals surface area contributed by atoms with E-state index in [9.17, 15) is 9.18 Å². The molecule has 0 bridgehead atoms. The number of hydrogen-bond acceptors (Lipinski definition) is 5. The molecular weight excluding hydrogens is 413 g/mol. The van der Waals surface area contributed by atoms with E-state index < -0.39 is 0 Å². The summed E-state index contributed by atoms with van der Waals surface area (Å²) in [5.74, 6) is 0.229. The maximum Gasteiger partial charge on any atom is 0.273 e. The molecule has 5 nitrogen and oxygen atoms in total. The number of thiazole rings is 1. The first kappa shape index (κ1) is 21.2. The van der Waals surface area contributed by atoms with Crippen LogP contribution in [0.5, 0.6) is 5.75 Å². The Hall–Kier alpha value is -3.03. The molecule has 4 rings (SSSR count). The molecule has 7 heteroatoms. The SMILES string of the molecule is O=C(c1csc(COc2ccc(F)cc2)n1)N1CCN(C/C=C/c2ccccc2)CC1. The number of carbonyl (C=O) groups excluding carboxylic acids is 1. The lowest BCUT2D eigenvalue weighted by molar-refractivity contribution is 0.0645. The summed E-state index contributed by atoms with van der Waals surface area (Å²) in [7, 11) is 0. The van der Waals surface area contributed by atoms with Crippen LogP contribution in [0.4, 0.5) is 4.39 Å². The summed E-state index contributed by atoms with van der Waals surface area (Å²) in [6, 6.07) is 16.1. The summed E-state index contributed by atoms with van der Waals surface area (Å²) in [5.41, 5.74) is 1.65. The molecule has 2 heterocycles. The smallest absolute Gasteiger partial charge is 0.273 e. The summed E-state index contributed by atoms with van der Waals surface area (Å²) in [6.45, 7) is 4.20. The number of nitrogens with zero attached hydrogens (tertiary/aromatic N) is 3. The number of aromatic nitrogens is 1. The highest BCUT2D eigenvalue weighted by Gasteiger charge is 2.23. The lowest BCUT2D eigenvalue weighted by Crippen LogP contribution is -2.48. The summed E-state index contributed by atoms with van der Waals surface area (Å²) >= 11 is 1.40. The molecule has 2 aromatic carbocycles. The van der Waals surface area contributed by atoms with Gasteiger partial charge in [0.15, 0.2) is 0 Å². The molecule has 0 N–H and O–H groups in total. The first-order chi connectivity index (χ1) is 15.2. The van der Waals surface area contributed by atoms with Crippen LogP contribution >= 0.6 is 11.3 Å². The summed E-state index contributed by atoms with van der Waals surface area (Å²) in [6.07, 6.45) is 4.29. The minimum Gasteiger partial charge on any atom is -0.486 e. The minimum absolute atomic E-state index is 0.0382. The van der Waals surface area contributed by atoms with Crippen LogP contribution in [0, 0.1) is 5.82 Å². The Bertz CT molecular complexity index is 1010. The summed E-state index contributed by atoms with van der Waals surface area (Å²) < 4.78 is 18.6. The molecule has 31 heavy (non-hydrogen) atoms. The number of carbonyl (C=O) groups is 1. The molecule has 1 saturated heterocycles. The first-order valence-electron chi connectivity index (χ1n) is 10.2. The monoisotopic (exact) mass is 437 g/mol. The zero-order valence-electron chi connectivity index (χ0n) is 17.1. The van der Waals surface area contributed by atoms with Crippen LogP contribution in [0.25, 0.3) is 6.08 Å². The second-order valence-corrected chi connectivity index (χ2v) is 8.22. The molecule has 0 unspecified atom stereocenters. The lowest BCUT2D eigenvalue weighted by atomic mass is 10.2. The maximum absolute atomic E-state index is 13.0. The van der Waals surface area contributed by atoms with Gasteiger partial charge in [0.1, 0.15) is 28.9 Å². The van der Waals surface area contributed by atoms with Crippen LogP contribution in [-0.2, 0) is 6.61 Å². The van der Waals surface area contributed by atoms with E-state index in [1.807, 2.05) is 23.1 Å².